The highest BCUT2D eigenvalue weighted by Gasteiger charge is 2.15. The van der Waals surface area contributed by atoms with E-state index in [1.807, 2.05) is 12.1 Å². The summed E-state index contributed by atoms with van der Waals surface area (Å²) in [5.74, 6) is -1.74. The van der Waals surface area contributed by atoms with Gasteiger partial charge in [0.15, 0.2) is 0 Å². The maximum Gasteiger partial charge on any atom is 0.335 e. The van der Waals surface area contributed by atoms with Crippen LogP contribution < -0.4 is 10.6 Å². The summed E-state index contributed by atoms with van der Waals surface area (Å²) in [6.45, 7) is 7.76. The van der Waals surface area contributed by atoms with Crippen LogP contribution in [0.1, 0.15) is 52.6 Å². The third-order valence-corrected chi connectivity index (χ3v) is 4.16. The van der Waals surface area contributed by atoms with E-state index in [9.17, 15) is 14.4 Å². The highest BCUT2D eigenvalue weighted by Crippen LogP contribution is 2.22. The predicted molar refractivity (Wildman–Crippen MR) is 104 cm³/mol. The van der Waals surface area contributed by atoms with Gasteiger partial charge in [0, 0.05) is 11.3 Å². The van der Waals surface area contributed by atoms with Crippen molar-refractivity contribution in [3.63, 3.8) is 0 Å². The Hall–Kier alpha value is -3.15. The van der Waals surface area contributed by atoms with Gasteiger partial charge in [0.25, 0.3) is 5.91 Å². The van der Waals surface area contributed by atoms with E-state index >= 15 is 0 Å². The zero-order valence-electron chi connectivity index (χ0n) is 15.9. The Kier molecular flexibility index (Phi) is 6.00. The number of nitrogens with one attached hydrogen (secondary N) is 2. The Bertz CT molecular complexity index is 865. The summed E-state index contributed by atoms with van der Waals surface area (Å²) in [6, 6.07) is 11.8. The Labute approximate surface area is 158 Å². The van der Waals surface area contributed by atoms with Gasteiger partial charge < -0.3 is 15.7 Å². The molecule has 0 bridgehead atoms. The number of hydrogen-bond acceptors (Lipinski definition) is 3. The second-order valence-electron chi connectivity index (χ2n) is 7.39. The van der Waals surface area contributed by atoms with E-state index in [1.165, 1.54) is 12.1 Å². The molecule has 0 radical (unpaired) electrons. The van der Waals surface area contributed by atoms with Crippen molar-refractivity contribution < 1.29 is 19.5 Å². The second-order valence-corrected chi connectivity index (χ2v) is 7.39. The highest BCUT2D eigenvalue weighted by molar-refractivity contribution is 5.99. The average Bonchev–Trinajstić information content (AvgIpc) is 2.58. The number of aromatic carboxylic acids is 1. The summed E-state index contributed by atoms with van der Waals surface area (Å²) in [7, 11) is 0. The second kappa shape index (κ2) is 8.03. The molecule has 0 aliphatic heterocycles. The van der Waals surface area contributed by atoms with Crippen molar-refractivity contribution in [1.29, 1.82) is 0 Å². The predicted octanol–water partition coefficient (Wildman–Crippen LogP) is 3.36. The maximum absolute atomic E-state index is 12.2. The fourth-order valence-corrected chi connectivity index (χ4v) is 2.57. The number of aryl methyl sites for hydroxylation is 1. The number of amides is 2. The summed E-state index contributed by atoms with van der Waals surface area (Å²) >= 11 is 0. The Balaban J connectivity index is 1.92. The van der Waals surface area contributed by atoms with E-state index < -0.39 is 11.9 Å². The number of hydrogen-bond donors (Lipinski definition) is 3. The fraction of sp³-hybridized carbons (Fsp3) is 0.286. The molecule has 2 aromatic carbocycles. The molecule has 0 saturated carbocycles. The molecule has 0 fully saturated rings. The number of carbonyl (C=O) groups is 3. The number of anilines is 1. The van der Waals surface area contributed by atoms with Crippen LogP contribution in [-0.4, -0.2) is 29.4 Å². The van der Waals surface area contributed by atoms with Gasteiger partial charge >= 0.3 is 5.97 Å². The molecule has 6 heteroatoms. The lowest BCUT2D eigenvalue weighted by molar-refractivity contribution is -0.115. The van der Waals surface area contributed by atoms with E-state index in [4.69, 9.17) is 5.11 Å². The van der Waals surface area contributed by atoms with Gasteiger partial charge in [-0.2, -0.15) is 0 Å². The number of carboxylic acid groups (broad SMARTS) is 1. The van der Waals surface area contributed by atoms with Crippen LogP contribution in [0.4, 0.5) is 5.69 Å². The zero-order valence-corrected chi connectivity index (χ0v) is 15.9. The molecule has 2 aromatic rings. The lowest BCUT2D eigenvalue weighted by atomic mass is 9.87. The molecule has 2 amide bonds. The van der Waals surface area contributed by atoms with Crippen LogP contribution in [0.5, 0.6) is 0 Å². The first kappa shape index (κ1) is 20.2. The molecule has 27 heavy (non-hydrogen) atoms. The van der Waals surface area contributed by atoms with E-state index in [0.717, 1.165) is 5.56 Å². The summed E-state index contributed by atoms with van der Waals surface area (Å²) in [4.78, 5) is 35.2. The molecule has 0 aliphatic rings. The molecule has 0 heterocycles. The molecule has 142 valence electrons. The first-order valence-corrected chi connectivity index (χ1v) is 8.60. The van der Waals surface area contributed by atoms with Crippen molar-refractivity contribution in [3.05, 3.63) is 64.7 Å². The molecule has 0 aromatic heterocycles. The van der Waals surface area contributed by atoms with Gasteiger partial charge in [-0.15, -0.1) is 0 Å². The first-order chi connectivity index (χ1) is 12.6. The zero-order chi connectivity index (χ0) is 20.2. The van der Waals surface area contributed by atoms with Crippen LogP contribution in [0.3, 0.4) is 0 Å². The normalized spacial score (nSPS) is 11.0. The van der Waals surface area contributed by atoms with E-state index in [-0.39, 0.29) is 23.4 Å². The largest absolute Gasteiger partial charge is 0.478 e. The lowest BCUT2D eigenvalue weighted by Crippen LogP contribution is -2.32. The molecular formula is C21H24N2O4. The van der Waals surface area contributed by atoms with Crippen LogP contribution in [0.15, 0.2) is 42.5 Å². The number of carboxylic acids is 1. The van der Waals surface area contributed by atoms with Crippen molar-refractivity contribution in [2.75, 3.05) is 11.9 Å². The summed E-state index contributed by atoms with van der Waals surface area (Å²) in [5.41, 5.74) is 2.81. The average molecular weight is 368 g/mol. The van der Waals surface area contributed by atoms with Gasteiger partial charge in [0.05, 0.1) is 12.1 Å². The van der Waals surface area contributed by atoms with Crippen LogP contribution in [0.2, 0.25) is 0 Å². The standard InChI is InChI=1S/C21H24N2O4/c1-13-11-16(9-10-17(13)20(26)27)23-18(24)12-22-19(25)14-5-7-15(8-6-14)21(2,3)4/h5-11H,12H2,1-4H3,(H,22,25)(H,23,24)(H,26,27). The van der Waals surface area contributed by atoms with Crippen LogP contribution in [-0.2, 0) is 10.2 Å². The van der Waals surface area contributed by atoms with Gasteiger partial charge in [0.2, 0.25) is 5.91 Å². The van der Waals surface area contributed by atoms with Crippen molar-refractivity contribution in [2.45, 2.75) is 33.1 Å². The van der Waals surface area contributed by atoms with E-state index in [2.05, 4.69) is 31.4 Å². The van der Waals surface area contributed by atoms with Crippen LogP contribution >= 0.6 is 0 Å². The van der Waals surface area contributed by atoms with Crippen molar-refractivity contribution in [3.8, 4) is 0 Å². The van der Waals surface area contributed by atoms with Crippen molar-refractivity contribution in [1.82, 2.24) is 5.32 Å². The number of benzene rings is 2. The smallest absolute Gasteiger partial charge is 0.335 e. The number of rotatable bonds is 5. The first-order valence-electron chi connectivity index (χ1n) is 8.60. The SMILES string of the molecule is Cc1cc(NC(=O)CNC(=O)c2ccc(C(C)(C)C)cc2)ccc1C(=O)O. The Morgan fingerprint density at radius 1 is 1.00 bits per heavy atom. The number of carbonyl (C=O) groups excluding carboxylic acids is 2. The molecule has 0 unspecified atom stereocenters. The minimum Gasteiger partial charge on any atom is -0.478 e. The lowest BCUT2D eigenvalue weighted by Gasteiger charge is -2.19. The summed E-state index contributed by atoms with van der Waals surface area (Å²) < 4.78 is 0. The molecule has 0 atom stereocenters. The minimum atomic E-state index is -1.02. The molecular weight excluding hydrogens is 344 g/mol. The molecule has 0 spiro atoms. The molecule has 3 N–H and O–H groups in total. The van der Waals surface area contributed by atoms with Gasteiger partial charge in [0.1, 0.15) is 0 Å². The van der Waals surface area contributed by atoms with E-state index in [0.29, 0.717) is 16.8 Å². The third kappa shape index (κ3) is 5.41. The molecule has 0 saturated heterocycles. The van der Waals surface area contributed by atoms with Gasteiger partial charge in [-0.25, -0.2) is 4.79 Å². The topological polar surface area (TPSA) is 95.5 Å². The summed E-state index contributed by atoms with van der Waals surface area (Å²) in [6.07, 6.45) is 0. The van der Waals surface area contributed by atoms with Crippen LogP contribution in [0, 0.1) is 6.92 Å². The summed E-state index contributed by atoms with van der Waals surface area (Å²) in [5, 5.41) is 14.2. The maximum atomic E-state index is 12.2. The third-order valence-electron chi connectivity index (χ3n) is 4.16. The highest BCUT2D eigenvalue weighted by atomic mass is 16.4. The van der Waals surface area contributed by atoms with Gasteiger partial charge in [-0.05, 0) is 53.8 Å². The van der Waals surface area contributed by atoms with Gasteiger partial charge in [-0.3, -0.25) is 9.59 Å². The fourth-order valence-electron chi connectivity index (χ4n) is 2.57. The Morgan fingerprint density at radius 3 is 2.15 bits per heavy atom. The monoisotopic (exact) mass is 368 g/mol. The Morgan fingerprint density at radius 2 is 1.63 bits per heavy atom. The van der Waals surface area contributed by atoms with E-state index in [1.54, 1.807) is 25.1 Å². The van der Waals surface area contributed by atoms with Crippen molar-refractivity contribution in [2.24, 2.45) is 0 Å². The van der Waals surface area contributed by atoms with Crippen molar-refractivity contribution >= 4 is 23.5 Å². The minimum absolute atomic E-state index is 0.00319. The van der Waals surface area contributed by atoms with Gasteiger partial charge in [-0.1, -0.05) is 32.9 Å². The quantitative estimate of drug-likeness (QED) is 0.754. The molecule has 0 aliphatic carbocycles. The molecule has 6 nitrogen and oxygen atoms in total. The van der Waals surface area contributed by atoms with Crippen LogP contribution in [0.25, 0.3) is 0 Å². The molecule has 2 rings (SSSR count).